The molecule has 0 fully saturated rings. The van der Waals surface area contributed by atoms with Crippen LogP contribution in [0.1, 0.15) is 38.7 Å². The number of hydrogen-bond acceptors (Lipinski definition) is 4. The summed E-state index contributed by atoms with van der Waals surface area (Å²) in [5.74, 6) is -0.100. The molecule has 9 heteroatoms. The number of halogens is 3. The van der Waals surface area contributed by atoms with Crippen molar-refractivity contribution in [2.75, 3.05) is 26.2 Å². The van der Waals surface area contributed by atoms with Crippen LogP contribution in [0.25, 0.3) is 0 Å². The van der Waals surface area contributed by atoms with Crippen molar-refractivity contribution in [3.05, 3.63) is 29.8 Å². The molecule has 0 spiro atoms. The second-order valence-electron chi connectivity index (χ2n) is 6.21. The molecule has 0 aliphatic carbocycles. The van der Waals surface area contributed by atoms with Crippen molar-refractivity contribution in [2.24, 2.45) is 0 Å². The Labute approximate surface area is 162 Å². The zero-order valence-electron chi connectivity index (χ0n) is 16.1. The second-order valence-corrected chi connectivity index (χ2v) is 6.21. The van der Waals surface area contributed by atoms with Crippen LogP contribution in [0.4, 0.5) is 13.2 Å². The maximum Gasteiger partial charge on any atom is 0.416 e. The van der Waals surface area contributed by atoms with Gasteiger partial charge in [-0.3, -0.25) is 9.59 Å². The lowest BCUT2D eigenvalue weighted by Crippen LogP contribution is -2.35. The van der Waals surface area contributed by atoms with E-state index in [-0.39, 0.29) is 43.6 Å². The Bertz CT molecular complexity index is 617. The number of amides is 2. The Morgan fingerprint density at radius 2 is 1.75 bits per heavy atom. The molecule has 0 saturated carbocycles. The molecule has 2 amide bonds. The molecule has 28 heavy (non-hydrogen) atoms. The van der Waals surface area contributed by atoms with Crippen molar-refractivity contribution < 1.29 is 32.6 Å². The van der Waals surface area contributed by atoms with Crippen LogP contribution < -0.4 is 10.1 Å². The maximum absolute atomic E-state index is 12.5. The van der Waals surface area contributed by atoms with E-state index < -0.39 is 17.8 Å². The highest BCUT2D eigenvalue weighted by Gasteiger charge is 2.30. The number of ether oxygens (including phenoxy) is 1. The molecule has 0 bridgehead atoms. The van der Waals surface area contributed by atoms with Gasteiger partial charge in [0.05, 0.1) is 5.56 Å². The fourth-order valence-corrected chi connectivity index (χ4v) is 2.45. The van der Waals surface area contributed by atoms with Crippen LogP contribution in [0.5, 0.6) is 5.75 Å². The number of alkyl halides is 3. The van der Waals surface area contributed by atoms with E-state index in [1.54, 1.807) is 4.90 Å². The van der Waals surface area contributed by atoms with Crippen molar-refractivity contribution >= 4 is 11.8 Å². The minimum Gasteiger partial charge on any atom is -0.491 e. The van der Waals surface area contributed by atoms with Crippen LogP contribution in [0.15, 0.2) is 24.3 Å². The summed E-state index contributed by atoms with van der Waals surface area (Å²) < 4.78 is 42.6. The molecule has 1 aromatic rings. The molecule has 1 rings (SSSR count). The molecule has 0 radical (unpaired) electrons. The third-order valence-electron chi connectivity index (χ3n) is 4.07. The minimum atomic E-state index is -4.42. The number of aliphatic hydroxyl groups excluding tert-OH is 1. The van der Waals surface area contributed by atoms with Gasteiger partial charge < -0.3 is 20.1 Å². The van der Waals surface area contributed by atoms with Gasteiger partial charge in [0.1, 0.15) is 18.5 Å². The summed E-state index contributed by atoms with van der Waals surface area (Å²) in [4.78, 5) is 25.3. The molecule has 0 heterocycles. The Morgan fingerprint density at radius 3 is 2.29 bits per heavy atom. The standard InChI is InChI=1S/C19H27F3N2O4/c1-3-24(4-2)18(27)7-5-6-17(26)23-12-15(25)13-28-16-10-8-14(9-11-16)19(20,21)22/h8-11,15,25H,3-7,12-13H2,1-2H3,(H,23,26). The van der Waals surface area contributed by atoms with Crippen LogP contribution >= 0.6 is 0 Å². The van der Waals surface area contributed by atoms with Crippen LogP contribution in [-0.4, -0.2) is 54.2 Å². The molecule has 6 nitrogen and oxygen atoms in total. The molecule has 1 unspecified atom stereocenters. The van der Waals surface area contributed by atoms with Gasteiger partial charge in [0.25, 0.3) is 0 Å². The van der Waals surface area contributed by atoms with E-state index in [4.69, 9.17) is 4.74 Å². The minimum absolute atomic E-state index is 0.00257. The molecular formula is C19H27F3N2O4. The largest absolute Gasteiger partial charge is 0.491 e. The number of rotatable bonds is 11. The van der Waals surface area contributed by atoms with Crippen molar-refractivity contribution in [3.63, 3.8) is 0 Å². The Kier molecular flexibility index (Phi) is 9.78. The first-order valence-corrected chi connectivity index (χ1v) is 9.19. The van der Waals surface area contributed by atoms with Gasteiger partial charge in [0.15, 0.2) is 0 Å². The van der Waals surface area contributed by atoms with E-state index in [1.807, 2.05) is 13.8 Å². The second kappa shape index (κ2) is 11.5. The van der Waals surface area contributed by atoms with Gasteiger partial charge in [-0.25, -0.2) is 0 Å². The number of nitrogens with one attached hydrogen (secondary N) is 1. The predicted molar refractivity (Wildman–Crippen MR) is 97.7 cm³/mol. The lowest BCUT2D eigenvalue weighted by Gasteiger charge is -2.18. The summed E-state index contributed by atoms with van der Waals surface area (Å²) in [5.41, 5.74) is -0.785. The van der Waals surface area contributed by atoms with Gasteiger partial charge in [-0.2, -0.15) is 13.2 Å². The molecule has 0 aliphatic rings. The number of carbonyl (C=O) groups excluding carboxylic acids is 2. The summed E-state index contributed by atoms with van der Waals surface area (Å²) in [5, 5.41) is 12.3. The predicted octanol–water partition coefficient (Wildman–Crippen LogP) is 2.60. The molecule has 1 atom stereocenters. The highest BCUT2D eigenvalue weighted by molar-refractivity contribution is 5.78. The number of nitrogens with zero attached hydrogens (tertiary/aromatic N) is 1. The topological polar surface area (TPSA) is 78.9 Å². The maximum atomic E-state index is 12.5. The van der Waals surface area contributed by atoms with Crippen molar-refractivity contribution in [1.82, 2.24) is 10.2 Å². The van der Waals surface area contributed by atoms with E-state index >= 15 is 0 Å². The summed E-state index contributed by atoms with van der Waals surface area (Å²) in [6.45, 7) is 4.82. The van der Waals surface area contributed by atoms with E-state index in [1.165, 1.54) is 12.1 Å². The van der Waals surface area contributed by atoms with Gasteiger partial charge in [0.2, 0.25) is 11.8 Å². The van der Waals surface area contributed by atoms with Gasteiger partial charge in [0, 0.05) is 32.5 Å². The van der Waals surface area contributed by atoms with Crippen LogP contribution in [-0.2, 0) is 15.8 Å². The highest BCUT2D eigenvalue weighted by atomic mass is 19.4. The monoisotopic (exact) mass is 404 g/mol. The normalized spacial score (nSPS) is 12.4. The third kappa shape index (κ3) is 8.60. The smallest absolute Gasteiger partial charge is 0.416 e. The van der Waals surface area contributed by atoms with Gasteiger partial charge in [-0.05, 0) is 44.5 Å². The van der Waals surface area contributed by atoms with E-state index in [0.29, 0.717) is 19.5 Å². The van der Waals surface area contributed by atoms with Crippen molar-refractivity contribution in [2.45, 2.75) is 45.4 Å². The van der Waals surface area contributed by atoms with Gasteiger partial charge in [-0.15, -0.1) is 0 Å². The summed E-state index contributed by atoms with van der Waals surface area (Å²) >= 11 is 0. The molecule has 0 saturated heterocycles. The lowest BCUT2D eigenvalue weighted by atomic mass is 10.2. The molecular weight excluding hydrogens is 377 g/mol. The molecule has 1 aromatic carbocycles. The van der Waals surface area contributed by atoms with Crippen molar-refractivity contribution in [3.8, 4) is 5.75 Å². The zero-order chi connectivity index (χ0) is 21.2. The average molecular weight is 404 g/mol. The van der Waals surface area contributed by atoms with Crippen LogP contribution in [0.2, 0.25) is 0 Å². The number of carbonyl (C=O) groups is 2. The van der Waals surface area contributed by atoms with Gasteiger partial charge >= 0.3 is 6.18 Å². The fourth-order valence-electron chi connectivity index (χ4n) is 2.45. The van der Waals surface area contributed by atoms with E-state index in [2.05, 4.69) is 5.32 Å². The summed E-state index contributed by atoms with van der Waals surface area (Å²) in [6, 6.07) is 4.12. The van der Waals surface area contributed by atoms with Gasteiger partial charge in [-0.1, -0.05) is 0 Å². The first kappa shape index (κ1) is 23.7. The van der Waals surface area contributed by atoms with E-state index in [0.717, 1.165) is 12.1 Å². The number of hydrogen-bond donors (Lipinski definition) is 2. The molecule has 158 valence electrons. The summed E-state index contributed by atoms with van der Waals surface area (Å²) in [6.07, 6.45) is -4.56. The average Bonchev–Trinajstić information content (AvgIpc) is 2.65. The summed E-state index contributed by atoms with van der Waals surface area (Å²) in [7, 11) is 0. The third-order valence-corrected chi connectivity index (χ3v) is 4.07. The first-order valence-electron chi connectivity index (χ1n) is 9.19. The molecule has 2 N–H and O–H groups in total. The fraction of sp³-hybridized carbons (Fsp3) is 0.579. The highest BCUT2D eigenvalue weighted by Crippen LogP contribution is 2.30. The molecule has 0 aromatic heterocycles. The van der Waals surface area contributed by atoms with Crippen molar-refractivity contribution in [1.29, 1.82) is 0 Å². The first-order chi connectivity index (χ1) is 13.2. The zero-order valence-corrected chi connectivity index (χ0v) is 16.1. The Morgan fingerprint density at radius 1 is 1.14 bits per heavy atom. The Hall–Kier alpha value is -2.29. The number of benzene rings is 1. The lowest BCUT2D eigenvalue weighted by molar-refractivity contribution is -0.137. The van der Waals surface area contributed by atoms with Crippen LogP contribution in [0, 0.1) is 0 Å². The van der Waals surface area contributed by atoms with Crippen LogP contribution in [0.3, 0.4) is 0 Å². The SMILES string of the molecule is CCN(CC)C(=O)CCCC(=O)NCC(O)COc1ccc(C(F)(F)F)cc1. The quantitative estimate of drug-likeness (QED) is 0.594. The van der Waals surface area contributed by atoms with E-state index in [9.17, 15) is 27.9 Å². The molecule has 0 aliphatic heterocycles. The Balaban J connectivity index is 2.24. The number of aliphatic hydroxyl groups is 1.